The number of rotatable bonds is 2. The molecule has 0 aliphatic heterocycles. The molecule has 1 heterocycles. The van der Waals surface area contributed by atoms with Crippen LogP contribution < -0.4 is 5.32 Å². The maximum absolute atomic E-state index is 13.5. The summed E-state index contributed by atoms with van der Waals surface area (Å²) >= 11 is 12.2. The number of hydrogen-bond acceptors (Lipinski definition) is 2. The highest BCUT2D eigenvalue weighted by molar-refractivity contribution is 9.10. The van der Waals surface area contributed by atoms with Crippen LogP contribution in [-0.4, -0.2) is 10.9 Å². The molecule has 0 spiro atoms. The Morgan fingerprint density at radius 3 is 2.75 bits per heavy atom. The van der Waals surface area contributed by atoms with Gasteiger partial charge in [0.15, 0.2) is 0 Å². The number of pyridine rings is 1. The monoisotopic (exact) mass is 420 g/mol. The lowest BCUT2D eigenvalue weighted by molar-refractivity contribution is 0.102. The number of anilines is 1. The molecule has 0 fully saturated rings. The molecule has 1 N–H and O–H groups in total. The first kappa shape index (κ1) is 15.4. The van der Waals surface area contributed by atoms with E-state index in [2.05, 4.69) is 42.2 Å². The van der Waals surface area contributed by atoms with E-state index in [1.165, 1.54) is 12.3 Å². The van der Waals surface area contributed by atoms with Crippen molar-refractivity contribution in [3.8, 4) is 0 Å². The molecule has 1 aromatic carbocycles. The Hall–Kier alpha value is -0.980. The molecule has 0 aliphatic rings. The highest BCUT2D eigenvalue weighted by Crippen LogP contribution is 2.25. The normalized spacial score (nSPS) is 10.4. The van der Waals surface area contributed by atoms with E-state index >= 15 is 0 Å². The quantitative estimate of drug-likeness (QED) is 0.695. The van der Waals surface area contributed by atoms with Crippen molar-refractivity contribution < 1.29 is 9.18 Å². The molecule has 3 nitrogen and oxygen atoms in total. The number of amides is 1. The first-order valence-electron chi connectivity index (χ1n) is 5.46. The SMILES string of the molecule is Cc1cc(Br)c(F)cc1NC(=O)c1cc(Br)cnc1Cl. The Morgan fingerprint density at radius 1 is 1.35 bits per heavy atom. The van der Waals surface area contributed by atoms with Crippen LogP contribution in [0.25, 0.3) is 0 Å². The maximum Gasteiger partial charge on any atom is 0.258 e. The van der Waals surface area contributed by atoms with Gasteiger partial charge in [0.25, 0.3) is 5.91 Å². The Morgan fingerprint density at radius 2 is 2.05 bits per heavy atom. The topological polar surface area (TPSA) is 42.0 Å². The Kier molecular flexibility index (Phi) is 4.78. The fourth-order valence-corrected chi connectivity index (χ4v) is 2.53. The molecule has 20 heavy (non-hydrogen) atoms. The Labute approximate surface area is 136 Å². The van der Waals surface area contributed by atoms with Crippen LogP contribution >= 0.6 is 43.5 Å². The lowest BCUT2D eigenvalue weighted by Crippen LogP contribution is -2.14. The van der Waals surface area contributed by atoms with Gasteiger partial charge in [-0.25, -0.2) is 9.37 Å². The van der Waals surface area contributed by atoms with Crippen LogP contribution in [0.2, 0.25) is 5.15 Å². The summed E-state index contributed by atoms with van der Waals surface area (Å²) in [7, 11) is 0. The van der Waals surface area contributed by atoms with E-state index in [4.69, 9.17) is 11.6 Å². The number of hydrogen-bond donors (Lipinski definition) is 1. The fraction of sp³-hybridized carbons (Fsp3) is 0.0769. The van der Waals surface area contributed by atoms with Crippen molar-refractivity contribution in [3.63, 3.8) is 0 Å². The van der Waals surface area contributed by atoms with Gasteiger partial charge in [-0.05, 0) is 62.5 Å². The second kappa shape index (κ2) is 6.20. The zero-order valence-corrected chi connectivity index (χ0v) is 14.1. The van der Waals surface area contributed by atoms with Gasteiger partial charge < -0.3 is 5.32 Å². The fourth-order valence-electron chi connectivity index (χ4n) is 1.55. The van der Waals surface area contributed by atoms with Gasteiger partial charge in [-0.15, -0.1) is 0 Å². The average molecular weight is 422 g/mol. The average Bonchev–Trinajstić information content (AvgIpc) is 2.38. The van der Waals surface area contributed by atoms with E-state index in [1.807, 2.05) is 0 Å². The largest absolute Gasteiger partial charge is 0.322 e. The van der Waals surface area contributed by atoms with E-state index in [9.17, 15) is 9.18 Å². The van der Waals surface area contributed by atoms with Crippen LogP contribution in [0.15, 0.2) is 33.3 Å². The summed E-state index contributed by atoms with van der Waals surface area (Å²) in [6.07, 6.45) is 1.49. The molecular formula is C13H8Br2ClFN2O. The third-order valence-corrected chi connectivity index (χ3v) is 3.91. The summed E-state index contributed by atoms with van der Waals surface area (Å²) in [5, 5.41) is 2.70. The first-order chi connectivity index (χ1) is 9.38. The predicted molar refractivity (Wildman–Crippen MR) is 83.7 cm³/mol. The van der Waals surface area contributed by atoms with Gasteiger partial charge in [0.2, 0.25) is 0 Å². The summed E-state index contributed by atoms with van der Waals surface area (Å²) in [4.78, 5) is 16.0. The Bertz CT molecular complexity index is 694. The number of carbonyl (C=O) groups is 1. The van der Waals surface area contributed by atoms with Crippen molar-refractivity contribution >= 4 is 55.1 Å². The summed E-state index contributed by atoms with van der Waals surface area (Å²) in [6.45, 7) is 1.76. The molecule has 0 unspecified atom stereocenters. The molecule has 104 valence electrons. The minimum atomic E-state index is -0.454. The van der Waals surface area contributed by atoms with Crippen molar-refractivity contribution in [2.45, 2.75) is 6.92 Å². The highest BCUT2D eigenvalue weighted by Gasteiger charge is 2.14. The van der Waals surface area contributed by atoms with Gasteiger partial charge in [-0.3, -0.25) is 4.79 Å². The molecule has 0 saturated heterocycles. The Balaban J connectivity index is 2.32. The third kappa shape index (κ3) is 3.37. The minimum Gasteiger partial charge on any atom is -0.322 e. The number of benzene rings is 1. The highest BCUT2D eigenvalue weighted by atomic mass is 79.9. The molecule has 0 atom stereocenters. The van der Waals surface area contributed by atoms with Crippen LogP contribution in [0, 0.1) is 12.7 Å². The molecule has 7 heteroatoms. The summed E-state index contributed by atoms with van der Waals surface area (Å²) in [5.74, 6) is -0.905. The summed E-state index contributed by atoms with van der Waals surface area (Å²) in [6, 6.07) is 4.39. The number of nitrogens with one attached hydrogen (secondary N) is 1. The second-order valence-corrected chi connectivity index (χ2v) is 6.16. The second-order valence-electron chi connectivity index (χ2n) is 4.03. The predicted octanol–water partition coefficient (Wildman–Crippen LogP) is 4.96. The summed E-state index contributed by atoms with van der Waals surface area (Å²) in [5.41, 5.74) is 1.32. The van der Waals surface area contributed by atoms with E-state index < -0.39 is 11.7 Å². The molecule has 2 rings (SSSR count). The van der Waals surface area contributed by atoms with Crippen LogP contribution in [0.5, 0.6) is 0 Å². The van der Waals surface area contributed by atoms with Crippen LogP contribution in [-0.2, 0) is 0 Å². The van der Waals surface area contributed by atoms with Gasteiger partial charge in [-0.1, -0.05) is 11.6 Å². The molecular weight excluding hydrogens is 414 g/mol. The van der Waals surface area contributed by atoms with Crippen LogP contribution in [0.3, 0.4) is 0 Å². The van der Waals surface area contributed by atoms with Gasteiger partial charge in [0.1, 0.15) is 11.0 Å². The molecule has 2 aromatic rings. The van der Waals surface area contributed by atoms with Crippen LogP contribution in [0.4, 0.5) is 10.1 Å². The smallest absolute Gasteiger partial charge is 0.258 e. The minimum absolute atomic E-state index is 0.0842. The zero-order chi connectivity index (χ0) is 14.9. The lowest BCUT2D eigenvalue weighted by Gasteiger charge is -2.10. The molecule has 0 bridgehead atoms. The summed E-state index contributed by atoms with van der Waals surface area (Å²) < 4.78 is 14.5. The van der Waals surface area contributed by atoms with Crippen molar-refractivity contribution in [1.82, 2.24) is 4.98 Å². The third-order valence-electron chi connectivity index (χ3n) is 2.57. The van der Waals surface area contributed by atoms with Gasteiger partial charge in [0.05, 0.1) is 10.0 Å². The maximum atomic E-state index is 13.5. The molecule has 0 aliphatic carbocycles. The van der Waals surface area contributed by atoms with E-state index in [-0.39, 0.29) is 10.7 Å². The van der Waals surface area contributed by atoms with Gasteiger partial charge >= 0.3 is 0 Å². The molecule has 0 radical (unpaired) electrons. The first-order valence-corrected chi connectivity index (χ1v) is 7.43. The number of nitrogens with zero attached hydrogens (tertiary/aromatic N) is 1. The number of aryl methyl sites for hydroxylation is 1. The van der Waals surface area contributed by atoms with E-state index in [0.29, 0.717) is 14.6 Å². The van der Waals surface area contributed by atoms with Crippen molar-refractivity contribution in [2.75, 3.05) is 5.32 Å². The van der Waals surface area contributed by atoms with Crippen molar-refractivity contribution in [3.05, 3.63) is 55.4 Å². The van der Waals surface area contributed by atoms with Crippen LogP contribution in [0.1, 0.15) is 15.9 Å². The number of halogens is 4. The van der Waals surface area contributed by atoms with Gasteiger partial charge in [-0.2, -0.15) is 0 Å². The molecule has 1 aromatic heterocycles. The van der Waals surface area contributed by atoms with Gasteiger partial charge in [0, 0.05) is 16.4 Å². The zero-order valence-electron chi connectivity index (χ0n) is 10.2. The van der Waals surface area contributed by atoms with E-state index in [0.717, 1.165) is 5.56 Å². The number of aromatic nitrogens is 1. The van der Waals surface area contributed by atoms with Crippen molar-refractivity contribution in [2.24, 2.45) is 0 Å². The standard InChI is InChI=1S/C13H8Br2ClFN2O/c1-6-2-9(15)10(17)4-11(6)19-13(20)8-3-7(14)5-18-12(8)16/h2-5H,1H3,(H,19,20). The van der Waals surface area contributed by atoms with Crippen molar-refractivity contribution in [1.29, 1.82) is 0 Å². The van der Waals surface area contributed by atoms with E-state index in [1.54, 1.807) is 19.1 Å². The molecule has 0 saturated carbocycles. The number of carbonyl (C=O) groups excluding carboxylic acids is 1. The molecule has 1 amide bonds. The lowest BCUT2D eigenvalue weighted by atomic mass is 10.2.